The van der Waals surface area contributed by atoms with Gasteiger partial charge < -0.3 is 10.1 Å². The van der Waals surface area contributed by atoms with Crippen molar-refractivity contribution in [1.29, 1.82) is 0 Å². The Morgan fingerprint density at radius 2 is 2.32 bits per heavy atom. The molecule has 0 aliphatic rings. The van der Waals surface area contributed by atoms with Gasteiger partial charge in [0, 0.05) is 17.6 Å². The molecule has 0 unspecified atom stereocenters. The number of methoxy groups -OCH3 is 1. The van der Waals surface area contributed by atoms with Crippen molar-refractivity contribution in [2.75, 3.05) is 19.0 Å². The number of carbonyl (C=O) groups is 1. The number of halogens is 1. The lowest BCUT2D eigenvalue weighted by molar-refractivity contribution is 0.0587. The van der Waals surface area contributed by atoms with Crippen LogP contribution in [0.1, 0.15) is 15.5 Å². The SMILES string of the molecule is COC(=O)c1nccc(NCCc2ccc(Cl)s2)n1. The Balaban J connectivity index is 1.90. The second-order valence-electron chi connectivity index (χ2n) is 3.64. The van der Waals surface area contributed by atoms with Crippen LogP contribution in [0.2, 0.25) is 4.34 Å². The Morgan fingerprint density at radius 3 is 3.00 bits per heavy atom. The second-order valence-corrected chi connectivity index (χ2v) is 5.44. The van der Waals surface area contributed by atoms with Crippen molar-refractivity contribution in [1.82, 2.24) is 9.97 Å². The summed E-state index contributed by atoms with van der Waals surface area (Å²) in [6.07, 6.45) is 2.36. The molecule has 0 saturated heterocycles. The monoisotopic (exact) mass is 297 g/mol. The molecular weight excluding hydrogens is 286 g/mol. The van der Waals surface area contributed by atoms with E-state index in [1.165, 1.54) is 18.2 Å². The van der Waals surface area contributed by atoms with E-state index in [1.807, 2.05) is 12.1 Å². The van der Waals surface area contributed by atoms with Crippen molar-refractivity contribution in [3.63, 3.8) is 0 Å². The van der Waals surface area contributed by atoms with Gasteiger partial charge in [0.25, 0.3) is 0 Å². The highest BCUT2D eigenvalue weighted by molar-refractivity contribution is 7.16. The number of rotatable bonds is 5. The van der Waals surface area contributed by atoms with Gasteiger partial charge in [0.15, 0.2) is 0 Å². The second kappa shape index (κ2) is 6.49. The molecule has 0 fully saturated rings. The summed E-state index contributed by atoms with van der Waals surface area (Å²) in [7, 11) is 1.30. The molecule has 0 radical (unpaired) electrons. The van der Waals surface area contributed by atoms with Crippen molar-refractivity contribution in [3.05, 3.63) is 39.4 Å². The van der Waals surface area contributed by atoms with Crippen molar-refractivity contribution >= 4 is 34.7 Å². The molecule has 0 bridgehead atoms. The summed E-state index contributed by atoms with van der Waals surface area (Å²) >= 11 is 7.41. The summed E-state index contributed by atoms with van der Waals surface area (Å²) < 4.78 is 5.35. The molecule has 0 aromatic carbocycles. The molecule has 2 aromatic heterocycles. The zero-order chi connectivity index (χ0) is 13.7. The largest absolute Gasteiger partial charge is 0.463 e. The summed E-state index contributed by atoms with van der Waals surface area (Å²) in [4.78, 5) is 20.4. The van der Waals surface area contributed by atoms with E-state index >= 15 is 0 Å². The predicted molar refractivity (Wildman–Crippen MR) is 74.9 cm³/mol. The first-order chi connectivity index (χ1) is 9.19. The third kappa shape index (κ3) is 3.90. The minimum atomic E-state index is -0.548. The van der Waals surface area contributed by atoms with Gasteiger partial charge in [0.05, 0.1) is 11.4 Å². The molecule has 0 aliphatic heterocycles. The molecule has 0 aliphatic carbocycles. The lowest BCUT2D eigenvalue weighted by atomic mass is 10.3. The number of aromatic nitrogens is 2. The van der Waals surface area contributed by atoms with Crippen LogP contribution < -0.4 is 5.32 Å². The summed E-state index contributed by atoms with van der Waals surface area (Å²) in [6, 6.07) is 5.57. The summed E-state index contributed by atoms with van der Waals surface area (Å²) in [5.74, 6) is 0.0957. The quantitative estimate of drug-likeness (QED) is 0.860. The number of esters is 1. The number of nitrogens with zero attached hydrogens (tertiary/aromatic N) is 2. The lowest BCUT2D eigenvalue weighted by Gasteiger charge is -2.05. The van der Waals surface area contributed by atoms with E-state index in [-0.39, 0.29) is 5.82 Å². The van der Waals surface area contributed by atoms with Gasteiger partial charge in [-0.25, -0.2) is 14.8 Å². The molecule has 2 aromatic rings. The fourth-order valence-corrected chi connectivity index (χ4v) is 2.53. The maximum Gasteiger partial charge on any atom is 0.376 e. The molecule has 5 nitrogen and oxygen atoms in total. The first-order valence-electron chi connectivity index (χ1n) is 5.58. The van der Waals surface area contributed by atoms with E-state index in [9.17, 15) is 4.79 Å². The van der Waals surface area contributed by atoms with E-state index in [2.05, 4.69) is 20.0 Å². The maximum absolute atomic E-state index is 11.3. The van der Waals surface area contributed by atoms with Crippen LogP contribution in [0.3, 0.4) is 0 Å². The van der Waals surface area contributed by atoms with Crippen molar-refractivity contribution in [2.45, 2.75) is 6.42 Å². The van der Waals surface area contributed by atoms with Crippen LogP contribution in [0.5, 0.6) is 0 Å². The van der Waals surface area contributed by atoms with Crippen LogP contribution in [0, 0.1) is 0 Å². The van der Waals surface area contributed by atoms with Crippen LogP contribution in [0.4, 0.5) is 5.82 Å². The molecule has 100 valence electrons. The molecule has 7 heteroatoms. The summed E-state index contributed by atoms with van der Waals surface area (Å²) in [5.41, 5.74) is 0. The van der Waals surface area contributed by atoms with E-state index < -0.39 is 5.97 Å². The first kappa shape index (κ1) is 13.8. The third-order valence-electron chi connectivity index (χ3n) is 2.33. The van der Waals surface area contributed by atoms with Gasteiger partial charge in [-0.2, -0.15) is 0 Å². The van der Waals surface area contributed by atoms with Crippen molar-refractivity contribution < 1.29 is 9.53 Å². The average Bonchev–Trinajstić information content (AvgIpc) is 2.84. The molecule has 2 rings (SSSR count). The number of anilines is 1. The zero-order valence-corrected chi connectivity index (χ0v) is 11.8. The molecule has 0 spiro atoms. The van der Waals surface area contributed by atoms with E-state index in [4.69, 9.17) is 11.6 Å². The number of hydrogen-bond acceptors (Lipinski definition) is 6. The number of nitrogens with one attached hydrogen (secondary N) is 1. The van der Waals surface area contributed by atoms with Gasteiger partial charge in [0.1, 0.15) is 5.82 Å². The Hall–Kier alpha value is -1.66. The highest BCUT2D eigenvalue weighted by Gasteiger charge is 2.09. The smallest absolute Gasteiger partial charge is 0.376 e. The van der Waals surface area contributed by atoms with E-state index in [0.717, 1.165) is 10.8 Å². The Kier molecular flexibility index (Phi) is 4.70. The highest BCUT2D eigenvalue weighted by atomic mass is 35.5. The van der Waals surface area contributed by atoms with Gasteiger partial charge in [-0.1, -0.05) is 11.6 Å². The highest BCUT2D eigenvalue weighted by Crippen LogP contribution is 2.21. The van der Waals surface area contributed by atoms with Gasteiger partial charge in [-0.15, -0.1) is 11.3 Å². The normalized spacial score (nSPS) is 10.2. The third-order valence-corrected chi connectivity index (χ3v) is 3.62. The first-order valence-corrected chi connectivity index (χ1v) is 6.78. The number of thiophene rings is 1. The van der Waals surface area contributed by atoms with Crippen LogP contribution in [-0.2, 0) is 11.2 Å². The van der Waals surface area contributed by atoms with E-state index in [0.29, 0.717) is 12.4 Å². The van der Waals surface area contributed by atoms with Crippen LogP contribution in [0.25, 0.3) is 0 Å². The van der Waals surface area contributed by atoms with Crippen LogP contribution in [-0.4, -0.2) is 29.6 Å². The zero-order valence-electron chi connectivity index (χ0n) is 10.2. The molecule has 2 heterocycles. The summed E-state index contributed by atoms with van der Waals surface area (Å²) in [5, 5.41) is 3.13. The standard InChI is InChI=1S/C12H12ClN3O2S/c1-18-12(17)11-15-7-5-10(16-11)14-6-4-8-2-3-9(13)19-8/h2-3,5,7H,4,6H2,1H3,(H,14,15,16). The van der Waals surface area contributed by atoms with Gasteiger partial charge in [0.2, 0.25) is 5.82 Å². The minimum Gasteiger partial charge on any atom is -0.463 e. The topological polar surface area (TPSA) is 64.1 Å². The Morgan fingerprint density at radius 1 is 1.47 bits per heavy atom. The Labute approximate surface area is 119 Å². The predicted octanol–water partition coefficient (Wildman–Crippen LogP) is 2.63. The Bertz CT molecular complexity index is 574. The fourth-order valence-electron chi connectivity index (χ4n) is 1.45. The average molecular weight is 298 g/mol. The number of carbonyl (C=O) groups excluding carboxylic acids is 1. The maximum atomic E-state index is 11.3. The van der Waals surface area contributed by atoms with E-state index in [1.54, 1.807) is 17.4 Å². The minimum absolute atomic E-state index is 0.0478. The fraction of sp³-hybridized carbons (Fsp3) is 0.250. The molecule has 0 saturated carbocycles. The molecule has 0 atom stereocenters. The molecule has 1 N–H and O–H groups in total. The molecule has 0 amide bonds. The van der Waals surface area contributed by atoms with Crippen LogP contribution >= 0.6 is 22.9 Å². The van der Waals surface area contributed by atoms with Gasteiger partial charge in [-0.3, -0.25) is 0 Å². The van der Waals surface area contributed by atoms with Gasteiger partial charge in [-0.05, 0) is 24.6 Å². The molecular formula is C12H12ClN3O2S. The van der Waals surface area contributed by atoms with Crippen molar-refractivity contribution in [2.24, 2.45) is 0 Å². The van der Waals surface area contributed by atoms with Crippen LogP contribution in [0.15, 0.2) is 24.4 Å². The number of hydrogen-bond donors (Lipinski definition) is 1. The van der Waals surface area contributed by atoms with Crippen molar-refractivity contribution in [3.8, 4) is 0 Å². The lowest BCUT2D eigenvalue weighted by Crippen LogP contribution is -2.11. The number of ether oxygens (including phenoxy) is 1. The molecule has 19 heavy (non-hydrogen) atoms. The van der Waals surface area contributed by atoms with Gasteiger partial charge >= 0.3 is 5.97 Å². The summed E-state index contributed by atoms with van der Waals surface area (Å²) in [6.45, 7) is 0.703.